The average molecular weight is 142 g/mol. The first-order valence-electron chi connectivity index (χ1n) is 3.34. The fourth-order valence-electron chi connectivity index (χ4n) is 0.536. The third kappa shape index (κ3) is 5.54. The van der Waals surface area contributed by atoms with Gasteiger partial charge in [-0.15, -0.1) is 0 Å². The van der Waals surface area contributed by atoms with Crippen molar-refractivity contribution in [2.45, 2.75) is 26.1 Å². The predicted molar refractivity (Wildman–Crippen MR) is 41.6 cm³/mol. The van der Waals surface area contributed by atoms with E-state index in [1.165, 1.54) is 0 Å². The summed E-state index contributed by atoms with van der Waals surface area (Å²) in [4.78, 5) is 0. The summed E-state index contributed by atoms with van der Waals surface area (Å²) in [7, 11) is 0. The van der Waals surface area contributed by atoms with E-state index in [1.807, 2.05) is 6.92 Å². The summed E-state index contributed by atoms with van der Waals surface area (Å²) in [5.41, 5.74) is 0. The van der Waals surface area contributed by atoms with Gasteiger partial charge in [-0.25, -0.2) is 0 Å². The summed E-state index contributed by atoms with van der Waals surface area (Å²) in [5.74, 6) is 0. The molecule has 0 aromatic carbocycles. The summed E-state index contributed by atoms with van der Waals surface area (Å²) in [6.45, 7) is 3.47. The molecule has 0 aliphatic carbocycles. The molecule has 2 nitrogen and oxygen atoms in total. The highest BCUT2D eigenvalue weighted by Crippen LogP contribution is 1.90. The molecule has 0 saturated carbocycles. The number of aliphatic hydroxyl groups excluding tert-OH is 2. The highest BCUT2D eigenvalue weighted by molar-refractivity contribution is 5.01. The van der Waals surface area contributed by atoms with Crippen LogP contribution in [0.3, 0.4) is 0 Å². The molecule has 0 radical (unpaired) electrons. The van der Waals surface area contributed by atoms with E-state index < -0.39 is 12.2 Å². The topological polar surface area (TPSA) is 40.5 Å². The van der Waals surface area contributed by atoms with Crippen molar-refractivity contribution in [2.24, 2.45) is 0 Å². The maximum absolute atomic E-state index is 9.01. The largest absolute Gasteiger partial charge is 0.389 e. The summed E-state index contributed by atoms with van der Waals surface area (Å²) in [5, 5.41) is 17.8. The van der Waals surface area contributed by atoms with E-state index in [0.29, 0.717) is 0 Å². The maximum Gasteiger partial charge on any atom is 0.0903 e. The van der Waals surface area contributed by atoms with Crippen molar-refractivity contribution >= 4 is 0 Å². The van der Waals surface area contributed by atoms with Crippen LogP contribution in [0.1, 0.15) is 13.8 Å². The van der Waals surface area contributed by atoms with Crippen molar-refractivity contribution in [3.05, 3.63) is 24.3 Å². The molecule has 0 aliphatic rings. The molecule has 0 fully saturated rings. The van der Waals surface area contributed by atoms with E-state index in [4.69, 9.17) is 10.2 Å². The van der Waals surface area contributed by atoms with Crippen LogP contribution in [0.25, 0.3) is 0 Å². The van der Waals surface area contributed by atoms with Gasteiger partial charge in [0.25, 0.3) is 0 Å². The maximum atomic E-state index is 9.01. The minimum absolute atomic E-state index is 0.486. The molecule has 2 atom stereocenters. The van der Waals surface area contributed by atoms with Gasteiger partial charge in [0.1, 0.15) is 0 Å². The summed E-state index contributed by atoms with van der Waals surface area (Å²) >= 11 is 0. The lowest BCUT2D eigenvalue weighted by atomic mass is 10.2. The second-order valence-corrected chi connectivity index (χ2v) is 2.14. The molecule has 0 rings (SSSR count). The fraction of sp³-hybridized carbons (Fsp3) is 0.500. The SMILES string of the molecule is CC=CC(O)C=CC(C)O. The number of aliphatic hydroxyl groups is 2. The van der Waals surface area contributed by atoms with Gasteiger partial charge in [0.05, 0.1) is 12.2 Å². The quantitative estimate of drug-likeness (QED) is 0.574. The van der Waals surface area contributed by atoms with Crippen molar-refractivity contribution in [1.82, 2.24) is 0 Å². The number of rotatable bonds is 3. The van der Waals surface area contributed by atoms with Gasteiger partial charge in [-0.2, -0.15) is 0 Å². The van der Waals surface area contributed by atoms with Crippen LogP contribution in [0, 0.1) is 0 Å². The molecule has 0 spiro atoms. The van der Waals surface area contributed by atoms with Crippen molar-refractivity contribution < 1.29 is 10.2 Å². The van der Waals surface area contributed by atoms with Crippen LogP contribution in [0.15, 0.2) is 24.3 Å². The van der Waals surface area contributed by atoms with E-state index in [1.54, 1.807) is 31.2 Å². The summed E-state index contributed by atoms with van der Waals surface area (Å²) in [6, 6.07) is 0. The molecule has 0 aromatic heterocycles. The van der Waals surface area contributed by atoms with Crippen molar-refractivity contribution in [3.8, 4) is 0 Å². The van der Waals surface area contributed by atoms with Gasteiger partial charge < -0.3 is 10.2 Å². The third-order valence-electron chi connectivity index (χ3n) is 0.976. The Labute approximate surface area is 61.5 Å². The number of hydrogen-bond acceptors (Lipinski definition) is 2. The fourth-order valence-corrected chi connectivity index (χ4v) is 0.536. The van der Waals surface area contributed by atoms with Gasteiger partial charge in [-0.3, -0.25) is 0 Å². The van der Waals surface area contributed by atoms with Crippen molar-refractivity contribution in [1.29, 1.82) is 0 Å². The average Bonchev–Trinajstić information content (AvgIpc) is 1.85. The van der Waals surface area contributed by atoms with Crippen LogP contribution >= 0.6 is 0 Å². The monoisotopic (exact) mass is 142 g/mol. The molecule has 10 heavy (non-hydrogen) atoms. The molecule has 0 heterocycles. The van der Waals surface area contributed by atoms with E-state index in [2.05, 4.69) is 0 Å². The Morgan fingerprint density at radius 1 is 1.10 bits per heavy atom. The Morgan fingerprint density at radius 2 is 1.70 bits per heavy atom. The molecule has 2 heteroatoms. The van der Waals surface area contributed by atoms with Crippen molar-refractivity contribution in [2.75, 3.05) is 0 Å². The molecule has 58 valence electrons. The standard InChI is InChI=1S/C8H14O2/c1-3-4-8(10)6-5-7(2)9/h3-10H,1-2H3. The Hall–Kier alpha value is -0.600. The Morgan fingerprint density at radius 3 is 2.10 bits per heavy atom. The second-order valence-electron chi connectivity index (χ2n) is 2.14. The minimum atomic E-state index is -0.570. The van der Waals surface area contributed by atoms with Gasteiger partial charge in [0.15, 0.2) is 0 Å². The lowest BCUT2D eigenvalue weighted by molar-refractivity contribution is 0.237. The number of allylic oxidation sites excluding steroid dienone is 1. The van der Waals surface area contributed by atoms with E-state index >= 15 is 0 Å². The molecule has 2 unspecified atom stereocenters. The van der Waals surface area contributed by atoms with Crippen LogP contribution in [0.4, 0.5) is 0 Å². The Bertz CT molecular complexity index is 125. The van der Waals surface area contributed by atoms with Crippen LogP contribution in [-0.4, -0.2) is 22.4 Å². The zero-order valence-electron chi connectivity index (χ0n) is 6.36. The van der Waals surface area contributed by atoms with Crippen LogP contribution in [-0.2, 0) is 0 Å². The highest BCUT2D eigenvalue weighted by atomic mass is 16.3. The van der Waals surface area contributed by atoms with Gasteiger partial charge >= 0.3 is 0 Å². The van der Waals surface area contributed by atoms with Gasteiger partial charge in [-0.05, 0) is 13.8 Å². The molecule has 0 amide bonds. The van der Waals surface area contributed by atoms with E-state index in [0.717, 1.165) is 0 Å². The molecule has 0 bridgehead atoms. The van der Waals surface area contributed by atoms with Gasteiger partial charge in [-0.1, -0.05) is 24.3 Å². The molecule has 0 aromatic rings. The second kappa shape index (κ2) is 5.21. The summed E-state index contributed by atoms with van der Waals surface area (Å²) in [6.07, 6.45) is 5.44. The lowest BCUT2D eigenvalue weighted by Crippen LogP contribution is -1.99. The van der Waals surface area contributed by atoms with E-state index in [-0.39, 0.29) is 0 Å². The molecule has 0 aliphatic heterocycles. The first-order valence-corrected chi connectivity index (χ1v) is 3.34. The van der Waals surface area contributed by atoms with Crippen LogP contribution < -0.4 is 0 Å². The van der Waals surface area contributed by atoms with Gasteiger partial charge in [0.2, 0.25) is 0 Å². The zero-order chi connectivity index (χ0) is 7.98. The highest BCUT2D eigenvalue weighted by Gasteiger charge is 1.90. The minimum Gasteiger partial charge on any atom is -0.389 e. The van der Waals surface area contributed by atoms with E-state index in [9.17, 15) is 0 Å². The first-order chi connectivity index (χ1) is 4.66. The zero-order valence-corrected chi connectivity index (χ0v) is 6.36. The molecular formula is C8H14O2. The van der Waals surface area contributed by atoms with Gasteiger partial charge in [0, 0.05) is 0 Å². The normalized spacial score (nSPS) is 18.4. The molecular weight excluding hydrogens is 128 g/mol. The summed E-state index contributed by atoms with van der Waals surface area (Å²) < 4.78 is 0. The third-order valence-corrected chi connectivity index (χ3v) is 0.976. The van der Waals surface area contributed by atoms with Crippen molar-refractivity contribution in [3.63, 3.8) is 0 Å². The van der Waals surface area contributed by atoms with Crippen LogP contribution in [0.5, 0.6) is 0 Å². The molecule has 2 N–H and O–H groups in total. The Kier molecular flexibility index (Phi) is 4.89. The first kappa shape index (κ1) is 9.40. The number of hydrogen-bond donors (Lipinski definition) is 2. The molecule has 0 saturated heterocycles. The van der Waals surface area contributed by atoms with Crippen LogP contribution in [0.2, 0.25) is 0 Å². The predicted octanol–water partition coefficient (Wildman–Crippen LogP) is 0.860. The Balaban J connectivity index is 3.66. The lowest BCUT2D eigenvalue weighted by Gasteiger charge is -1.97. The smallest absolute Gasteiger partial charge is 0.0903 e.